The lowest BCUT2D eigenvalue weighted by molar-refractivity contribution is -0.122. The van der Waals surface area contributed by atoms with Crippen molar-refractivity contribution in [2.45, 2.75) is 46.0 Å². The summed E-state index contributed by atoms with van der Waals surface area (Å²) < 4.78 is 51.5. The standard InChI is InChI=1S/C20H26N2O6S2/c1-13-19(14(2)23)17-12-16(10-11-18(17)21(13)29(3,25)26)22(30(4,27)28)20(24)15-8-6-5-7-9-15/h10-12,15H,5-9H2,1-4H3. The fraction of sp³-hybridized carbons (Fsp3) is 0.500. The molecule has 0 atom stereocenters. The Morgan fingerprint density at radius 1 is 1.03 bits per heavy atom. The van der Waals surface area contributed by atoms with Crippen LogP contribution in [0.1, 0.15) is 55.1 Å². The van der Waals surface area contributed by atoms with E-state index < -0.39 is 26.0 Å². The molecule has 1 saturated carbocycles. The first-order chi connectivity index (χ1) is 13.8. The smallest absolute Gasteiger partial charge is 0.243 e. The predicted molar refractivity (Wildman–Crippen MR) is 116 cm³/mol. The number of rotatable bonds is 5. The van der Waals surface area contributed by atoms with Gasteiger partial charge in [0, 0.05) is 22.6 Å². The van der Waals surface area contributed by atoms with Crippen LogP contribution in [0, 0.1) is 12.8 Å². The van der Waals surface area contributed by atoms with Crippen LogP contribution in [0.4, 0.5) is 5.69 Å². The zero-order valence-electron chi connectivity index (χ0n) is 17.5. The molecule has 3 rings (SSSR count). The number of Topliss-reactive ketones (excluding diaryl/α,β-unsaturated/α-hetero) is 1. The van der Waals surface area contributed by atoms with E-state index in [9.17, 15) is 26.4 Å². The second-order valence-corrected chi connectivity index (χ2v) is 11.6. The molecule has 0 unspecified atom stereocenters. The van der Waals surface area contributed by atoms with Gasteiger partial charge >= 0.3 is 0 Å². The third kappa shape index (κ3) is 4.02. The SMILES string of the molecule is CC(=O)c1c(C)n(S(C)(=O)=O)c2ccc(N(C(=O)C3CCCCC3)S(C)(=O)=O)cc12. The Morgan fingerprint density at radius 2 is 1.63 bits per heavy atom. The van der Waals surface area contributed by atoms with Crippen molar-refractivity contribution in [1.29, 1.82) is 0 Å². The van der Waals surface area contributed by atoms with Crippen molar-refractivity contribution >= 4 is 48.3 Å². The number of carbonyl (C=O) groups excluding carboxylic acids is 2. The van der Waals surface area contributed by atoms with Crippen LogP contribution in [0.3, 0.4) is 0 Å². The van der Waals surface area contributed by atoms with E-state index in [4.69, 9.17) is 0 Å². The quantitative estimate of drug-likeness (QED) is 0.643. The molecule has 1 aliphatic carbocycles. The van der Waals surface area contributed by atoms with Gasteiger partial charge in [-0.15, -0.1) is 0 Å². The molecule has 1 amide bonds. The number of hydrogen-bond donors (Lipinski definition) is 0. The minimum Gasteiger partial charge on any atom is -0.294 e. The average Bonchev–Trinajstić information content (AvgIpc) is 2.92. The molecule has 1 aromatic carbocycles. The second kappa shape index (κ2) is 7.81. The van der Waals surface area contributed by atoms with Crippen LogP contribution in [0.25, 0.3) is 10.9 Å². The predicted octanol–water partition coefficient (Wildman–Crippen LogP) is 2.83. The Hall–Kier alpha value is -2.20. The van der Waals surface area contributed by atoms with E-state index in [1.165, 1.54) is 32.0 Å². The molecule has 0 bridgehead atoms. The molecule has 0 N–H and O–H groups in total. The van der Waals surface area contributed by atoms with Crippen molar-refractivity contribution in [1.82, 2.24) is 3.97 Å². The molecule has 30 heavy (non-hydrogen) atoms. The van der Waals surface area contributed by atoms with Crippen molar-refractivity contribution in [2.24, 2.45) is 5.92 Å². The molecule has 10 heteroatoms. The van der Waals surface area contributed by atoms with Gasteiger partial charge < -0.3 is 0 Å². The van der Waals surface area contributed by atoms with Crippen LogP contribution in [-0.4, -0.2) is 45.0 Å². The molecular weight excluding hydrogens is 428 g/mol. The summed E-state index contributed by atoms with van der Waals surface area (Å²) >= 11 is 0. The van der Waals surface area contributed by atoms with Gasteiger partial charge in [0.15, 0.2) is 5.78 Å². The number of carbonyl (C=O) groups is 2. The molecule has 0 aliphatic heterocycles. The minimum atomic E-state index is -3.93. The summed E-state index contributed by atoms with van der Waals surface area (Å²) in [5.41, 5.74) is 0.814. The normalized spacial score (nSPS) is 16.0. The Morgan fingerprint density at radius 3 is 2.13 bits per heavy atom. The summed E-state index contributed by atoms with van der Waals surface area (Å²) in [5.74, 6) is -1.21. The van der Waals surface area contributed by atoms with Gasteiger partial charge in [-0.25, -0.2) is 25.1 Å². The van der Waals surface area contributed by atoms with Crippen LogP contribution in [-0.2, 0) is 24.8 Å². The maximum Gasteiger partial charge on any atom is 0.243 e. The zero-order valence-corrected chi connectivity index (χ0v) is 19.1. The molecule has 0 spiro atoms. The van der Waals surface area contributed by atoms with Gasteiger partial charge in [-0.1, -0.05) is 19.3 Å². The number of ketones is 1. The molecule has 1 aromatic heterocycles. The summed E-state index contributed by atoms with van der Waals surface area (Å²) in [4.78, 5) is 25.4. The third-order valence-electron chi connectivity index (χ3n) is 5.54. The van der Waals surface area contributed by atoms with Crippen LogP contribution < -0.4 is 4.31 Å². The van der Waals surface area contributed by atoms with Crippen molar-refractivity contribution < 1.29 is 26.4 Å². The molecule has 164 valence electrons. The van der Waals surface area contributed by atoms with Gasteiger partial charge in [0.05, 0.1) is 23.7 Å². The molecule has 0 saturated heterocycles. The van der Waals surface area contributed by atoms with Crippen molar-refractivity contribution in [3.8, 4) is 0 Å². The Balaban J connectivity index is 2.25. The van der Waals surface area contributed by atoms with Gasteiger partial charge in [0.1, 0.15) is 0 Å². The van der Waals surface area contributed by atoms with Gasteiger partial charge in [0.2, 0.25) is 26.0 Å². The van der Waals surface area contributed by atoms with Gasteiger partial charge in [-0.3, -0.25) is 9.59 Å². The maximum absolute atomic E-state index is 13.1. The van der Waals surface area contributed by atoms with Gasteiger partial charge in [-0.2, -0.15) is 0 Å². The molecule has 8 nitrogen and oxygen atoms in total. The van der Waals surface area contributed by atoms with Crippen LogP contribution >= 0.6 is 0 Å². The van der Waals surface area contributed by atoms with Gasteiger partial charge in [-0.05, 0) is 44.9 Å². The van der Waals surface area contributed by atoms with Crippen LogP contribution in [0.2, 0.25) is 0 Å². The van der Waals surface area contributed by atoms with E-state index in [1.54, 1.807) is 0 Å². The topological polar surface area (TPSA) is 111 Å². The molecule has 0 radical (unpaired) electrons. The molecule has 1 heterocycles. The lowest BCUT2D eigenvalue weighted by Crippen LogP contribution is -2.41. The van der Waals surface area contributed by atoms with Gasteiger partial charge in [0.25, 0.3) is 0 Å². The minimum absolute atomic E-state index is 0.105. The highest BCUT2D eigenvalue weighted by atomic mass is 32.2. The first kappa shape index (κ1) is 22.5. The van der Waals surface area contributed by atoms with E-state index in [-0.39, 0.29) is 34.2 Å². The van der Waals surface area contributed by atoms with E-state index in [0.29, 0.717) is 18.2 Å². The van der Waals surface area contributed by atoms with Crippen molar-refractivity contribution in [3.63, 3.8) is 0 Å². The number of sulfonamides is 1. The van der Waals surface area contributed by atoms with Crippen molar-refractivity contribution in [2.75, 3.05) is 16.8 Å². The number of hydrogen-bond acceptors (Lipinski definition) is 6. The molecular formula is C20H26N2O6S2. The maximum atomic E-state index is 13.1. The van der Waals surface area contributed by atoms with Crippen LogP contribution in [0.5, 0.6) is 0 Å². The summed E-state index contributed by atoms with van der Waals surface area (Å²) in [6, 6.07) is 4.27. The Labute approximate surface area is 177 Å². The highest BCUT2D eigenvalue weighted by Crippen LogP contribution is 2.34. The monoisotopic (exact) mass is 454 g/mol. The summed E-state index contributed by atoms with van der Waals surface area (Å²) in [5, 5.41) is 0.299. The average molecular weight is 455 g/mol. The molecule has 1 aliphatic rings. The molecule has 1 fully saturated rings. The molecule has 2 aromatic rings. The van der Waals surface area contributed by atoms with E-state index in [2.05, 4.69) is 0 Å². The number of aromatic nitrogens is 1. The number of fused-ring (bicyclic) bond motifs is 1. The van der Waals surface area contributed by atoms with E-state index in [0.717, 1.165) is 40.1 Å². The Bertz CT molecular complexity index is 1240. The largest absolute Gasteiger partial charge is 0.294 e. The lowest BCUT2D eigenvalue weighted by Gasteiger charge is -2.27. The number of anilines is 1. The fourth-order valence-electron chi connectivity index (χ4n) is 4.37. The first-order valence-corrected chi connectivity index (χ1v) is 13.4. The summed E-state index contributed by atoms with van der Waals surface area (Å²) in [7, 11) is -7.63. The highest BCUT2D eigenvalue weighted by molar-refractivity contribution is 7.92. The third-order valence-corrected chi connectivity index (χ3v) is 7.73. The van der Waals surface area contributed by atoms with E-state index >= 15 is 0 Å². The Kier molecular flexibility index (Phi) is 5.85. The highest BCUT2D eigenvalue weighted by Gasteiger charge is 2.33. The zero-order chi connectivity index (χ0) is 22.4. The number of nitrogens with zero attached hydrogens (tertiary/aromatic N) is 2. The lowest BCUT2D eigenvalue weighted by atomic mass is 9.88. The fourth-order valence-corrected chi connectivity index (χ4v) is 6.45. The number of benzene rings is 1. The second-order valence-electron chi connectivity index (χ2n) is 7.95. The van der Waals surface area contributed by atoms with Crippen LogP contribution in [0.15, 0.2) is 18.2 Å². The number of amides is 1. The van der Waals surface area contributed by atoms with E-state index in [1.807, 2.05) is 0 Å². The van der Waals surface area contributed by atoms with Crippen molar-refractivity contribution in [3.05, 3.63) is 29.5 Å². The summed E-state index contributed by atoms with van der Waals surface area (Å²) in [6.07, 6.45) is 6.04. The first-order valence-electron chi connectivity index (χ1n) is 9.74. The summed E-state index contributed by atoms with van der Waals surface area (Å²) in [6.45, 7) is 2.85.